The highest BCUT2D eigenvalue weighted by molar-refractivity contribution is 5.32. The maximum absolute atomic E-state index is 3.39. The van der Waals surface area contributed by atoms with Gasteiger partial charge in [-0.3, -0.25) is 0 Å². The first-order chi connectivity index (χ1) is 7.11. The van der Waals surface area contributed by atoms with Crippen LogP contribution < -0.4 is 5.32 Å². The van der Waals surface area contributed by atoms with Gasteiger partial charge >= 0.3 is 0 Å². The molecule has 2 rings (SSSR count). The van der Waals surface area contributed by atoms with E-state index in [0.29, 0.717) is 0 Å². The van der Waals surface area contributed by atoms with Crippen molar-refractivity contribution in [3.63, 3.8) is 0 Å². The lowest BCUT2D eigenvalue weighted by Gasteiger charge is -2.27. The zero-order valence-electron chi connectivity index (χ0n) is 10.0. The van der Waals surface area contributed by atoms with Crippen molar-refractivity contribution in [3.8, 4) is 0 Å². The van der Waals surface area contributed by atoms with E-state index in [-0.39, 0.29) is 5.54 Å². The third kappa shape index (κ3) is 2.40. The van der Waals surface area contributed by atoms with Crippen LogP contribution in [-0.4, -0.2) is 12.6 Å². The minimum atomic E-state index is 0.271. The molecule has 0 amide bonds. The molecule has 0 heterocycles. The quantitative estimate of drug-likeness (QED) is 0.796. The van der Waals surface area contributed by atoms with Crippen molar-refractivity contribution >= 4 is 0 Å². The summed E-state index contributed by atoms with van der Waals surface area (Å²) in [6.45, 7) is 4.58. The Morgan fingerprint density at radius 3 is 2.20 bits per heavy atom. The lowest BCUT2D eigenvalue weighted by atomic mass is 9.89. The Bertz CT molecular complexity index is 316. The Morgan fingerprint density at radius 1 is 1.20 bits per heavy atom. The highest BCUT2D eigenvalue weighted by Crippen LogP contribution is 2.31. The van der Waals surface area contributed by atoms with E-state index in [9.17, 15) is 0 Å². The summed E-state index contributed by atoms with van der Waals surface area (Å²) in [4.78, 5) is 0. The lowest BCUT2D eigenvalue weighted by Crippen LogP contribution is -2.38. The number of benzene rings is 1. The van der Waals surface area contributed by atoms with Crippen molar-refractivity contribution < 1.29 is 0 Å². The number of rotatable bonds is 3. The fraction of sp³-hybridized carbons (Fsp3) is 0.571. The summed E-state index contributed by atoms with van der Waals surface area (Å²) in [6.07, 6.45) is 3.79. The van der Waals surface area contributed by atoms with Gasteiger partial charge in [0.1, 0.15) is 0 Å². The van der Waals surface area contributed by atoms with Crippen LogP contribution >= 0.6 is 0 Å². The molecule has 0 unspecified atom stereocenters. The molecule has 0 spiro atoms. The van der Waals surface area contributed by atoms with E-state index >= 15 is 0 Å². The first-order valence-electron chi connectivity index (χ1n) is 5.86. The summed E-state index contributed by atoms with van der Waals surface area (Å²) >= 11 is 0. The van der Waals surface area contributed by atoms with Gasteiger partial charge in [-0.25, -0.2) is 0 Å². The molecule has 1 aromatic rings. The fourth-order valence-corrected chi connectivity index (χ4v) is 2.62. The Balaban J connectivity index is 2.02. The van der Waals surface area contributed by atoms with Crippen molar-refractivity contribution in [2.75, 3.05) is 7.05 Å². The molecule has 0 atom stereocenters. The molecule has 0 bridgehead atoms. The number of nitrogens with one attached hydrogen (secondary N) is 1. The van der Waals surface area contributed by atoms with E-state index in [1.807, 2.05) is 0 Å². The summed E-state index contributed by atoms with van der Waals surface area (Å²) < 4.78 is 0. The van der Waals surface area contributed by atoms with Crippen LogP contribution in [0, 0.1) is 5.92 Å². The molecule has 1 N–H and O–H groups in total. The maximum atomic E-state index is 3.39. The van der Waals surface area contributed by atoms with E-state index in [0.717, 1.165) is 5.92 Å². The van der Waals surface area contributed by atoms with Crippen LogP contribution in [0.3, 0.4) is 0 Å². The van der Waals surface area contributed by atoms with Crippen LogP contribution in [0.4, 0.5) is 0 Å². The van der Waals surface area contributed by atoms with Crippen molar-refractivity contribution in [3.05, 3.63) is 35.4 Å². The lowest BCUT2D eigenvalue weighted by molar-refractivity contribution is 0.320. The molecule has 82 valence electrons. The zero-order chi connectivity index (χ0) is 10.9. The van der Waals surface area contributed by atoms with Crippen molar-refractivity contribution in [1.29, 1.82) is 0 Å². The molecule has 0 radical (unpaired) electrons. The van der Waals surface area contributed by atoms with Crippen molar-refractivity contribution in [1.82, 2.24) is 5.32 Å². The highest BCUT2D eigenvalue weighted by atomic mass is 14.9. The van der Waals surface area contributed by atoms with E-state index < -0.39 is 0 Å². The van der Waals surface area contributed by atoms with Gasteiger partial charge < -0.3 is 5.32 Å². The summed E-state index contributed by atoms with van der Waals surface area (Å²) in [7, 11) is 2.06. The Morgan fingerprint density at radius 2 is 1.73 bits per heavy atom. The number of fused-ring (bicyclic) bond motifs is 1. The van der Waals surface area contributed by atoms with E-state index in [1.54, 1.807) is 11.1 Å². The second-order valence-corrected chi connectivity index (χ2v) is 5.38. The topological polar surface area (TPSA) is 12.0 Å². The van der Waals surface area contributed by atoms with Crippen LogP contribution in [0.2, 0.25) is 0 Å². The Kier molecular flexibility index (Phi) is 2.83. The first-order valence-corrected chi connectivity index (χ1v) is 5.86. The molecular weight excluding hydrogens is 182 g/mol. The molecule has 0 aliphatic heterocycles. The number of hydrogen-bond acceptors (Lipinski definition) is 1. The predicted molar refractivity (Wildman–Crippen MR) is 65.1 cm³/mol. The first kappa shape index (κ1) is 10.7. The molecule has 1 aliphatic carbocycles. The molecule has 0 saturated heterocycles. The van der Waals surface area contributed by atoms with Gasteiger partial charge in [-0.2, -0.15) is 0 Å². The largest absolute Gasteiger partial charge is 0.315 e. The normalized spacial score (nSPS) is 16.7. The summed E-state index contributed by atoms with van der Waals surface area (Å²) in [6, 6.07) is 8.87. The molecule has 0 aromatic heterocycles. The minimum Gasteiger partial charge on any atom is -0.315 e. The fourth-order valence-electron chi connectivity index (χ4n) is 2.62. The van der Waals surface area contributed by atoms with Gasteiger partial charge in [0.25, 0.3) is 0 Å². The second kappa shape index (κ2) is 3.97. The average Bonchev–Trinajstić information content (AvgIpc) is 2.58. The van der Waals surface area contributed by atoms with Crippen LogP contribution in [0.25, 0.3) is 0 Å². The monoisotopic (exact) mass is 203 g/mol. The van der Waals surface area contributed by atoms with Gasteiger partial charge in [-0.1, -0.05) is 24.3 Å². The van der Waals surface area contributed by atoms with Gasteiger partial charge in [-0.05, 0) is 57.2 Å². The SMILES string of the molecule is CNC(C)(C)CC1Cc2ccccc2C1. The predicted octanol–water partition coefficient (Wildman–Crippen LogP) is 2.79. The summed E-state index contributed by atoms with van der Waals surface area (Å²) in [5.74, 6) is 0.824. The van der Waals surface area contributed by atoms with E-state index in [1.165, 1.54) is 19.3 Å². The molecule has 1 aliphatic rings. The number of hydrogen-bond donors (Lipinski definition) is 1. The van der Waals surface area contributed by atoms with E-state index in [2.05, 4.69) is 50.5 Å². The Labute approximate surface area is 92.9 Å². The van der Waals surface area contributed by atoms with Crippen LogP contribution in [0.5, 0.6) is 0 Å². The Hall–Kier alpha value is -0.820. The molecule has 0 fully saturated rings. The van der Waals surface area contributed by atoms with Gasteiger partial charge in [-0.15, -0.1) is 0 Å². The van der Waals surface area contributed by atoms with Crippen LogP contribution in [0.15, 0.2) is 24.3 Å². The van der Waals surface area contributed by atoms with Gasteiger partial charge in [0.2, 0.25) is 0 Å². The molecule has 1 aromatic carbocycles. The van der Waals surface area contributed by atoms with E-state index in [4.69, 9.17) is 0 Å². The average molecular weight is 203 g/mol. The second-order valence-electron chi connectivity index (χ2n) is 5.38. The zero-order valence-corrected chi connectivity index (χ0v) is 10.0. The standard InChI is InChI=1S/C14H21N/c1-14(2,15-3)10-11-8-12-6-4-5-7-13(12)9-11/h4-7,11,15H,8-10H2,1-3H3. The molecule has 1 nitrogen and oxygen atoms in total. The highest BCUT2D eigenvalue weighted by Gasteiger charge is 2.26. The van der Waals surface area contributed by atoms with Gasteiger partial charge in [0.05, 0.1) is 0 Å². The minimum absolute atomic E-state index is 0.271. The van der Waals surface area contributed by atoms with Crippen LogP contribution in [-0.2, 0) is 12.8 Å². The van der Waals surface area contributed by atoms with Gasteiger partial charge in [0.15, 0.2) is 0 Å². The third-order valence-corrected chi connectivity index (χ3v) is 3.61. The molecule has 1 heteroatoms. The van der Waals surface area contributed by atoms with Crippen molar-refractivity contribution in [2.24, 2.45) is 5.92 Å². The summed E-state index contributed by atoms with van der Waals surface area (Å²) in [5, 5.41) is 3.39. The van der Waals surface area contributed by atoms with Crippen molar-refractivity contribution in [2.45, 2.75) is 38.6 Å². The van der Waals surface area contributed by atoms with Crippen LogP contribution in [0.1, 0.15) is 31.4 Å². The maximum Gasteiger partial charge on any atom is 0.0125 e. The molecule has 15 heavy (non-hydrogen) atoms. The molecule has 0 saturated carbocycles. The molecular formula is C14H21N. The smallest absolute Gasteiger partial charge is 0.0125 e. The summed E-state index contributed by atoms with van der Waals surface area (Å²) in [5.41, 5.74) is 3.40. The third-order valence-electron chi connectivity index (χ3n) is 3.61. The van der Waals surface area contributed by atoms with Gasteiger partial charge in [0, 0.05) is 5.54 Å².